The summed E-state index contributed by atoms with van der Waals surface area (Å²) in [4.78, 5) is 9.56. The van der Waals surface area contributed by atoms with Crippen LogP contribution < -0.4 is 4.90 Å². The van der Waals surface area contributed by atoms with Crippen LogP contribution in [0, 0.1) is 6.92 Å². The maximum absolute atomic E-state index is 8.78. The van der Waals surface area contributed by atoms with Crippen LogP contribution in [0.4, 0.5) is 5.13 Å². The SMILES string of the molecule is Cc1csc(N2CCCN(CCCCCO)CC2)n1. The molecular weight excluding hydrogens is 258 g/mol. The molecule has 19 heavy (non-hydrogen) atoms. The molecule has 1 aromatic rings. The highest BCUT2D eigenvalue weighted by molar-refractivity contribution is 7.13. The summed E-state index contributed by atoms with van der Waals surface area (Å²) in [5.74, 6) is 0. The van der Waals surface area contributed by atoms with Gasteiger partial charge < -0.3 is 14.9 Å². The van der Waals surface area contributed by atoms with E-state index in [0.29, 0.717) is 6.61 Å². The van der Waals surface area contributed by atoms with Gasteiger partial charge in [0.05, 0.1) is 5.69 Å². The van der Waals surface area contributed by atoms with Crippen LogP contribution in [0.15, 0.2) is 5.38 Å². The Kier molecular flexibility index (Phi) is 6.07. The number of nitrogens with zero attached hydrogens (tertiary/aromatic N) is 3. The van der Waals surface area contributed by atoms with Gasteiger partial charge in [0.1, 0.15) is 0 Å². The second-order valence-corrected chi connectivity index (χ2v) is 6.07. The molecule has 0 saturated carbocycles. The second kappa shape index (κ2) is 7.82. The van der Waals surface area contributed by atoms with Crippen LogP contribution in [0.1, 0.15) is 31.4 Å². The van der Waals surface area contributed by atoms with Crippen molar-refractivity contribution in [3.05, 3.63) is 11.1 Å². The van der Waals surface area contributed by atoms with Crippen molar-refractivity contribution in [2.24, 2.45) is 0 Å². The molecule has 2 heterocycles. The van der Waals surface area contributed by atoms with E-state index in [9.17, 15) is 0 Å². The standard InChI is InChI=1S/C14H25N3OS/c1-13-12-19-14(15-13)17-8-5-7-16(9-10-17)6-3-2-4-11-18/h12,18H,2-11H2,1H3. The van der Waals surface area contributed by atoms with Crippen LogP contribution in [-0.4, -0.2) is 54.3 Å². The Morgan fingerprint density at radius 2 is 2.11 bits per heavy atom. The van der Waals surface area contributed by atoms with Gasteiger partial charge in [0.25, 0.3) is 0 Å². The largest absolute Gasteiger partial charge is 0.396 e. The number of rotatable bonds is 6. The van der Waals surface area contributed by atoms with E-state index in [2.05, 4.69) is 27.1 Å². The van der Waals surface area contributed by atoms with Gasteiger partial charge in [-0.25, -0.2) is 4.98 Å². The molecule has 0 atom stereocenters. The van der Waals surface area contributed by atoms with Gasteiger partial charge in [0.2, 0.25) is 0 Å². The Hall–Kier alpha value is -0.650. The predicted octanol–water partition coefficient (Wildman–Crippen LogP) is 2.13. The average molecular weight is 283 g/mol. The van der Waals surface area contributed by atoms with Crippen LogP contribution in [0.5, 0.6) is 0 Å². The molecule has 2 rings (SSSR count). The Morgan fingerprint density at radius 3 is 2.84 bits per heavy atom. The molecule has 1 aromatic heterocycles. The summed E-state index contributed by atoms with van der Waals surface area (Å²) in [6, 6.07) is 0. The molecule has 0 radical (unpaired) electrons. The molecule has 0 spiro atoms. The van der Waals surface area contributed by atoms with E-state index >= 15 is 0 Å². The smallest absolute Gasteiger partial charge is 0.185 e. The number of aliphatic hydroxyl groups is 1. The van der Waals surface area contributed by atoms with Gasteiger partial charge in [-0.05, 0) is 45.7 Å². The van der Waals surface area contributed by atoms with Gasteiger partial charge in [-0.3, -0.25) is 0 Å². The molecule has 1 fully saturated rings. The van der Waals surface area contributed by atoms with Crippen molar-refractivity contribution in [2.45, 2.75) is 32.6 Å². The van der Waals surface area contributed by atoms with Gasteiger partial charge in [0.15, 0.2) is 5.13 Å². The summed E-state index contributed by atoms with van der Waals surface area (Å²) >= 11 is 1.76. The summed E-state index contributed by atoms with van der Waals surface area (Å²) in [6.07, 6.45) is 4.51. The van der Waals surface area contributed by atoms with Gasteiger partial charge in [0, 0.05) is 31.6 Å². The van der Waals surface area contributed by atoms with Gasteiger partial charge in [-0.2, -0.15) is 0 Å². The summed E-state index contributed by atoms with van der Waals surface area (Å²) in [5.41, 5.74) is 1.13. The Morgan fingerprint density at radius 1 is 1.21 bits per heavy atom. The zero-order valence-electron chi connectivity index (χ0n) is 11.8. The Bertz CT molecular complexity index is 369. The summed E-state index contributed by atoms with van der Waals surface area (Å²) < 4.78 is 0. The highest BCUT2D eigenvalue weighted by Gasteiger charge is 2.16. The Labute approximate surface area is 120 Å². The van der Waals surface area contributed by atoms with Crippen LogP contribution in [0.25, 0.3) is 0 Å². The quantitative estimate of drug-likeness (QED) is 0.812. The molecule has 0 aromatic carbocycles. The van der Waals surface area contributed by atoms with Gasteiger partial charge >= 0.3 is 0 Å². The normalized spacial score (nSPS) is 17.7. The first kappa shape index (κ1) is 14.8. The first-order valence-electron chi connectivity index (χ1n) is 7.30. The second-order valence-electron chi connectivity index (χ2n) is 5.24. The molecule has 108 valence electrons. The van der Waals surface area contributed by atoms with Crippen LogP contribution in [0.3, 0.4) is 0 Å². The maximum Gasteiger partial charge on any atom is 0.185 e. The van der Waals surface area contributed by atoms with Crippen molar-refractivity contribution >= 4 is 16.5 Å². The van der Waals surface area contributed by atoms with Crippen LogP contribution >= 0.6 is 11.3 Å². The fraction of sp³-hybridized carbons (Fsp3) is 0.786. The molecule has 1 aliphatic heterocycles. The number of thiazole rings is 1. The van der Waals surface area contributed by atoms with Crippen LogP contribution in [0.2, 0.25) is 0 Å². The van der Waals surface area contributed by atoms with Crippen molar-refractivity contribution in [3.8, 4) is 0 Å². The minimum Gasteiger partial charge on any atom is -0.396 e. The van der Waals surface area contributed by atoms with E-state index in [1.54, 1.807) is 11.3 Å². The molecule has 0 bridgehead atoms. The molecule has 0 unspecified atom stereocenters. The minimum absolute atomic E-state index is 0.331. The van der Waals surface area contributed by atoms with E-state index in [4.69, 9.17) is 5.11 Å². The Balaban J connectivity index is 1.75. The van der Waals surface area contributed by atoms with Crippen molar-refractivity contribution in [1.29, 1.82) is 0 Å². The van der Waals surface area contributed by atoms with E-state index in [1.807, 2.05) is 0 Å². The van der Waals surface area contributed by atoms with Crippen molar-refractivity contribution in [2.75, 3.05) is 44.2 Å². The number of anilines is 1. The van der Waals surface area contributed by atoms with Crippen molar-refractivity contribution < 1.29 is 5.11 Å². The first-order chi connectivity index (χ1) is 9.29. The molecular formula is C14H25N3OS. The van der Waals surface area contributed by atoms with Crippen molar-refractivity contribution in [3.63, 3.8) is 0 Å². The zero-order valence-corrected chi connectivity index (χ0v) is 12.7. The monoisotopic (exact) mass is 283 g/mol. The lowest BCUT2D eigenvalue weighted by Crippen LogP contribution is -2.31. The van der Waals surface area contributed by atoms with Gasteiger partial charge in [-0.15, -0.1) is 11.3 Å². The lowest BCUT2D eigenvalue weighted by Gasteiger charge is -2.21. The molecule has 1 aliphatic rings. The van der Waals surface area contributed by atoms with E-state index in [0.717, 1.165) is 38.2 Å². The number of aryl methyl sites for hydroxylation is 1. The molecule has 1 saturated heterocycles. The lowest BCUT2D eigenvalue weighted by atomic mass is 10.2. The van der Waals surface area contributed by atoms with E-state index in [1.165, 1.54) is 31.1 Å². The fourth-order valence-electron chi connectivity index (χ4n) is 2.50. The van der Waals surface area contributed by atoms with Crippen molar-refractivity contribution in [1.82, 2.24) is 9.88 Å². The van der Waals surface area contributed by atoms with E-state index in [-0.39, 0.29) is 0 Å². The maximum atomic E-state index is 8.78. The number of hydrogen-bond donors (Lipinski definition) is 1. The molecule has 0 amide bonds. The topological polar surface area (TPSA) is 39.6 Å². The minimum atomic E-state index is 0.331. The fourth-order valence-corrected chi connectivity index (χ4v) is 3.35. The highest BCUT2D eigenvalue weighted by Crippen LogP contribution is 2.21. The molecule has 5 heteroatoms. The predicted molar refractivity (Wildman–Crippen MR) is 81.1 cm³/mol. The average Bonchev–Trinajstić information content (AvgIpc) is 2.71. The summed E-state index contributed by atoms with van der Waals surface area (Å²) in [5, 5.41) is 12.1. The number of hydrogen-bond acceptors (Lipinski definition) is 5. The summed E-state index contributed by atoms with van der Waals surface area (Å²) in [6.45, 7) is 8.11. The third-order valence-corrected chi connectivity index (χ3v) is 4.62. The third kappa shape index (κ3) is 4.75. The highest BCUT2D eigenvalue weighted by atomic mass is 32.1. The number of aliphatic hydroxyl groups excluding tert-OH is 1. The first-order valence-corrected chi connectivity index (χ1v) is 8.18. The lowest BCUT2D eigenvalue weighted by molar-refractivity contribution is 0.262. The van der Waals surface area contributed by atoms with Crippen LogP contribution in [-0.2, 0) is 0 Å². The molecule has 1 N–H and O–H groups in total. The van der Waals surface area contributed by atoms with E-state index < -0.39 is 0 Å². The number of unbranched alkanes of at least 4 members (excludes halogenated alkanes) is 2. The number of aromatic nitrogens is 1. The molecule has 4 nitrogen and oxygen atoms in total. The summed E-state index contributed by atoms with van der Waals surface area (Å²) in [7, 11) is 0. The third-order valence-electron chi connectivity index (χ3n) is 3.60. The molecule has 0 aliphatic carbocycles. The van der Waals surface area contributed by atoms with Gasteiger partial charge in [-0.1, -0.05) is 0 Å². The zero-order chi connectivity index (χ0) is 13.5.